The fraction of sp³-hybridized carbons (Fsp3) is 0.417. The highest BCUT2D eigenvalue weighted by atomic mass is 28.4. The van der Waals surface area contributed by atoms with Crippen molar-refractivity contribution in [1.29, 1.82) is 0 Å². The molecular weight excluding hydrogens is 364 g/mol. The van der Waals surface area contributed by atoms with Gasteiger partial charge < -0.3 is 13.9 Å². The van der Waals surface area contributed by atoms with E-state index in [0.29, 0.717) is 0 Å². The maximum Gasteiger partial charge on any atom is 0.250 e. The standard InChI is InChI=1S/C24H34O3Si/c1-16-13-20(15-22(26-8)17(16)2)18(3)19-11-12-21(25-7)23(14-19)27-28(9,10)24(4,5)6/h11-15H,3H2,1-2,4-10H3. The second kappa shape index (κ2) is 8.04. The molecule has 0 aliphatic rings. The second-order valence-corrected chi connectivity index (χ2v) is 13.6. The Morgan fingerprint density at radius 1 is 0.857 bits per heavy atom. The molecule has 2 aromatic carbocycles. The molecule has 2 aromatic rings. The third-order valence-electron chi connectivity index (χ3n) is 5.87. The average molecular weight is 399 g/mol. The van der Waals surface area contributed by atoms with Gasteiger partial charge in [-0.15, -0.1) is 0 Å². The maximum absolute atomic E-state index is 6.55. The lowest BCUT2D eigenvalue weighted by atomic mass is 9.95. The molecule has 0 saturated carbocycles. The van der Waals surface area contributed by atoms with E-state index in [1.165, 1.54) is 5.56 Å². The van der Waals surface area contributed by atoms with Crippen molar-refractivity contribution in [2.24, 2.45) is 0 Å². The van der Waals surface area contributed by atoms with E-state index in [0.717, 1.165) is 39.5 Å². The molecule has 0 amide bonds. The predicted molar refractivity (Wildman–Crippen MR) is 121 cm³/mol. The molecule has 0 saturated heterocycles. The van der Waals surface area contributed by atoms with Crippen molar-refractivity contribution in [2.45, 2.75) is 52.8 Å². The number of aryl methyl sites for hydroxylation is 1. The van der Waals surface area contributed by atoms with Gasteiger partial charge in [-0.2, -0.15) is 0 Å². The Kier molecular flexibility index (Phi) is 6.34. The molecule has 0 heterocycles. The number of methoxy groups -OCH3 is 2. The zero-order chi connectivity index (χ0) is 21.3. The number of benzene rings is 2. The van der Waals surface area contributed by atoms with Crippen molar-refractivity contribution in [3.05, 3.63) is 59.2 Å². The smallest absolute Gasteiger partial charge is 0.250 e. The molecule has 0 unspecified atom stereocenters. The summed E-state index contributed by atoms with van der Waals surface area (Å²) in [6.45, 7) is 19.7. The molecule has 0 N–H and O–H groups in total. The van der Waals surface area contributed by atoms with Gasteiger partial charge in [0.2, 0.25) is 0 Å². The normalized spacial score (nSPS) is 11.9. The van der Waals surface area contributed by atoms with E-state index in [1.807, 2.05) is 24.3 Å². The summed E-state index contributed by atoms with van der Waals surface area (Å²) in [4.78, 5) is 0. The van der Waals surface area contributed by atoms with E-state index in [2.05, 4.69) is 60.4 Å². The van der Waals surface area contributed by atoms with Crippen LogP contribution in [-0.2, 0) is 0 Å². The second-order valence-electron chi connectivity index (χ2n) is 8.83. The highest BCUT2D eigenvalue weighted by molar-refractivity contribution is 6.74. The molecule has 0 atom stereocenters. The SMILES string of the molecule is C=C(c1ccc(OC)c(O[Si](C)(C)C(C)(C)C)c1)c1cc(C)c(C)c(OC)c1. The largest absolute Gasteiger partial charge is 0.541 e. The van der Waals surface area contributed by atoms with E-state index in [4.69, 9.17) is 13.9 Å². The Labute approximate surface area is 171 Å². The first kappa shape index (κ1) is 22.1. The van der Waals surface area contributed by atoms with Crippen molar-refractivity contribution in [3.63, 3.8) is 0 Å². The number of ether oxygens (including phenoxy) is 2. The molecule has 0 aromatic heterocycles. The fourth-order valence-electron chi connectivity index (χ4n) is 2.75. The Hall–Kier alpha value is -2.20. The summed E-state index contributed by atoms with van der Waals surface area (Å²) in [5.41, 5.74) is 5.32. The topological polar surface area (TPSA) is 27.7 Å². The van der Waals surface area contributed by atoms with Gasteiger partial charge in [0.1, 0.15) is 11.5 Å². The maximum atomic E-state index is 6.55. The van der Waals surface area contributed by atoms with Crippen LogP contribution in [0.2, 0.25) is 18.1 Å². The van der Waals surface area contributed by atoms with Crippen LogP contribution in [0.5, 0.6) is 17.2 Å². The summed E-state index contributed by atoms with van der Waals surface area (Å²) in [5.74, 6) is 2.41. The minimum atomic E-state index is -1.99. The fourth-order valence-corrected chi connectivity index (χ4v) is 3.77. The van der Waals surface area contributed by atoms with Crippen molar-refractivity contribution in [1.82, 2.24) is 0 Å². The summed E-state index contributed by atoms with van der Waals surface area (Å²) in [7, 11) is 1.39. The predicted octanol–water partition coefficient (Wildman–Crippen LogP) is 6.77. The molecule has 0 fully saturated rings. The molecule has 0 aliphatic heterocycles. The van der Waals surface area contributed by atoms with Crippen LogP contribution < -0.4 is 13.9 Å². The number of hydrogen-bond donors (Lipinski definition) is 0. The first-order valence-electron chi connectivity index (χ1n) is 9.63. The third kappa shape index (κ3) is 4.44. The van der Waals surface area contributed by atoms with Crippen molar-refractivity contribution < 1.29 is 13.9 Å². The summed E-state index contributed by atoms with van der Waals surface area (Å²) in [6, 6.07) is 10.2. The van der Waals surface area contributed by atoms with Crippen LogP contribution in [0.15, 0.2) is 36.9 Å². The summed E-state index contributed by atoms with van der Waals surface area (Å²) < 4.78 is 17.6. The lowest BCUT2D eigenvalue weighted by Crippen LogP contribution is -2.43. The highest BCUT2D eigenvalue weighted by Gasteiger charge is 2.39. The van der Waals surface area contributed by atoms with Gasteiger partial charge in [-0.1, -0.05) is 39.5 Å². The molecule has 0 bridgehead atoms. The molecular formula is C24H34O3Si. The summed E-state index contributed by atoms with van der Waals surface area (Å²) in [5, 5.41) is 0.104. The van der Waals surface area contributed by atoms with Gasteiger partial charge in [-0.05, 0) is 78.0 Å². The van der Waals surface area contributed by atoms with Crippen LogP contribution in [0.3, 0.4) is 0 Å². The molecule has 2 rings (SSSR count). The molecule has 28 heavy (non-hydrogen) atoms. The molecule has 0 spiro atoms. The van der Waals surface area contributed by atoms with Crippen LogP contribution in [0.1, 0.15) is 43.0 Å². The Balaban J connectivity index is 2.48. The van der Waals surface area contributed by atoms with Crippen LogP contribution in [0, 0.1) is 13.8 Å². The van der Waals surface area contributed by atoms with E-state index in [9.17, 15) is 0 Å². The van der Waals surface area contributed by atoms with E-state index < -0.39 is 8.32 Å². The highest BCUT2D eigenvalue weighted by Crippen LogP contribution is 2.41. The summed E-state index contributed by atoms with van der Waals surface area (Å²) >= 11 is 0. The molecule has 0 aliphatic carbocycles. The van der Waals surface area contributed by atoms with E-state index in [-0.39, 0.29) is 5.04 Å². The van der Waals surface area contributed by atoms with Crippen LogP contribution in [0.25, 0.3) is 5.57 Å². The minimum absolute atomic E-state index is 0.104. The van der Waals surface area contributed by atoms with Crippen LogP contribution in [-0.4, -0.2) is 22.5 Å². The molecule has 3 nitrogen and oxygen atoms in total. The van der Waals surface area contributed by atoms with Gasteiger partial charge in [0.05, 0.1) is 14.2 Å². The Morgan fingerprint density at radius 2 is 1.43 bits per heavy atom. The van der Waals surface area contributed by atoms with Crippen molar-refractivity contribution in [3.8, 4) is 17.2 Å². The first-order valence-corrected chi connectivity index (χ1v) is 12.5. The number of rotatable bonds is 6. The molecule has 0 radical (unpaired) electrons. The van der Waals surface area contributed by atoms with Crippen molar-refractivity contribution >= 4 is 13.9 Å². The lowest BCUT2D eigenvalue weighted by molar-refractivity contribution is 0.386. The van der Waals surface area contributed by atoms with Gasteiger partial charge in [0.25, 0.3) is 8.32 Å². The Morgan fingerprint density at radius 3 is 1.96 bits per heavy atom. The van der Waals surface area contributed by atoms with E-state index >= 15 is 0 Å². The quantitative estimate of drug-likeness (QED) is 0.503. The first-order chi connectivity index (χ1) is 12.9. The zero-order valence-corrected chi connectivity index (χ0v) is 19.8. The van der Waals surface area contributed by atoms with Crippen molar-refractivity contribution in [2.75, 3.05) is 14.2 Å². The van der Waals surface area contributed by atoms with Crippen LogP contribution in [0.4, 0.5) is 0 Å². The van der Waals surface area contributed by atoms with E-state index in [1.54, 1.807) is 14.2 Å². The monoisotopic (exact) mass is 398 g/mol. The zero-order valence-electron chi connectivity index (χ0n) is 18.8. The summed E-state index contributed by atoms with van der Waals surface area (Å²) in [6.07, 6.45) is 0. The van der Waals surface area contributed by atoms with Gasteiger partial charge in [-0.25, -0.2) is 0 Å². The van der Waals surface area contributed by atoms with Gasteiger partial charge in [0, 0.05) is 0 Å². The lowest BCUT2D eigenvalue weighted by Gasteiger charge is -2.36. The molecule has 152 valence electrons. The molecule has 4 heteroatoms. The number of hydrogen-bond acceptors (Lipinski definition) is 3. The minimum Gasteiger partial charge on any atom is -0.541 e. The van der Waals surface area contributed by atoms with Gasteiger partial charge in [-0.3, -0.25) is 0 Å². The van der Waals surface area contributed by atoms with Gasteiger partial charge in [0.15, 0.2) is 5.75 Å². The Bertz CT molecular complexity index is 876. The van der Waals surface area contributed by atoms with Gasteiger partial charge >= 0.3 is 0 Å². The van der Waals surface area contributed by atoms with Crippen LogP contribution >= 0.6 is 0 Å². The average Bonchev–Trinajstić information content (AvgIpc) is 2.61. The third-order valence-corrected chi connectivity index (χ3v) is 10.2.